The zero-order chi connectivity index (χ0) is 25.8. The highest BCUT2D eigenvalue weighted by atomic mass is 16.2. The summed E-state index contributed by atoms with van der Waals surface area (Å²) in [6.45, 7) is 2.49. The molecule has 9 heteroatoms. The average Bonchev–Trinajstić information content (AvgIpc) is 3.37. The molecular weight excluding hydrogens is 468 g/mol. The minimum Gasteiger partial charge on any atom is -0.299 e. The van der Waals surface area contributed by atoms with Gasteiger partial charge in [-0.3, -0.25) is 29.8 Å². The molecule has 0 bridgehead atoms. The van der Waals surface area contributed by atoms with Crippen molar-refractivity contribution in [1.29, 1.82) is 0 Å². The third-order valence-corrected chi connectivity index (χ3v) is 6.21. The van der Waals surface area contributed by atoms with Gasteiger partial charge in [-0.2, -0.15) is 5.10 Å². The molecule has 2 aromatic heterocycles. The molecule has 0 saturated heterocycles. The molecule has 0 saturated carbocycles. The highest BCUT2D eigenvalue weighted by molar-refractivity contribution is 6.06. The van der Waals surface area contributed by atoms with E-state index in [0.717, 1.165) is 36.0 Å². The summed E-state index contributed by atoms with van der Waals surface area (Å²) in [4.78, 5) is 43.0. The minimum absolute atomic E-state index is 0.0781. The van der Waals surface area contributed by atoms with E-state index in [0.29, 0.717) is 22.9 Å². The van der Waals surface area contributed by atoms with Crippen LogP contribution in [-0.2, 0) is 6.54 Å². The van der Waals surface area contributed by atoms with Crippen molar-refractivity contribution in [1.82, 2.24) is 30.2 Å². The lowest BCUT2D eigenvalue weighted by atomic mass is 10.1. The molecule has 0 fully saturated rings. The monoisotopic (exact) mass is 494 g/mol. The fraction of sp³-hybridized carbons (Fsp3) is 0.179. The number of aryl methyl sites for hydroxylation is 1. The molecule has 0 radical (unpaired) electrons. The van der Waals surface area contributed by atoms with Gasteiger partial charge in [-0.25, -0.2) is 9.67 Å². The van der Waals surface area contributed by atoms with Gasteiger partial charge < -0.3 is 0 Å². The zero-order valence-electron chi connectivity index (χ0n) is 20.3. The first-order valence-electron chi connectivity index (χ1n) is 12.2. The molecule has 2 N–H and O–H groups in total. The molecule has 37 heavy (non-hydrogen) atoms. The van der Waals surface area contributed by atoms with Crippen LogP contribution in [0.1, 0.15) is 47.0 Å². The van der Waals surface area contributed by atoms with E-state index in [9.17, 15) is 14.4 Å². The lowest BCUT2D eigenvalue weighted by Gasteiger charge is -2.12. The van der Waals surface area contributed by atoms with Gasteiger partial charge in [-0.15, -0.1) is 0 Å². The van der Waals surface area contributed by atoms with Gasteiger partial charge in [0.1, 0.15) is 6.33 Å². The Morgan fingerprint density at radius 1 is 0.838 bits per heavy atom. The van der Waals surface area contributed by atoms with Crippen molar-refractivity contribution in [3.63, 3.8) is 0 Å². The number of hydrogen-bond acceptors (Lipinski definition) is 5. The number of hydrazine groups is 1. The van der Waals surface area contributed by atoms with Crippen LogP contribution in [0.3, 0.4) is 0 Å². The van der Waals surface area contributed by atoms with E-state index in [-0.39, 0.29) is 11.3 Å². The molecule has 5 rings (SSSR count). The van der Waals surface area contributed by atoms with Crippen LogP contribution in [0.25, 0.3) is 27.5 Å². The lowest BCUT2D eigenvalue weighted by Crippen LogP contribution is -2.42. The fourth-order valence-electron chi connectivity index (χ4n) is 4.25. The molecule has 0 aliphatic carbocycles. The van der Waals surface area contributed by atoms with Crippen molar-refractivity contribution >= 4 is 33.6 Å². The number of hydrogen-bond donors (Lipinski definition) is 2. The molecule has 0 aliphatic rings. The maximum atomic E-state index is 13.0. The fourth-order valence-corrected chi connectivity index (χ4v) is 4.25. The molecular formula is C28H26N6O3. The molecule has 0 spiro atoms. The highest BCUT2D eigenvalue weighted by Gasteiger charge is 2.17. The zero-order valence-corrected chi connectivity index (χ0v) is 20.3. The van der Waals surface area contributed by atoms with Crippen molar-refractivity contribution in [2.24, 2.45) is 0 Å². The number of rotatable bonds is 7. The summed E-state index contributed by atoms with van der Waals surface area (Å²) in [5, 5.41) is 5.16. The molecule has 2 heterocycles. The van der Waals surface area contributed by atoms with Gasteiger partial charge in [0.05, 0.1) is 16.4 Å². The normalized spacial score (nSPS) is 11.1. The predicted molar refractivity (Wildman–Crippen MR) is 142 cm³/mol. The van der Waals surface area contributed by atoms with E-state index in [1.807, 2.05) is 41.0 Å². The number of nitrogens with one attached hydrogen (secondary N) is 2. The second-order valence-corrected chi connectivity index (χ2v) is 8.69. The molecule has 0 unspecified atom stereocenters. The van der Waals surface area contributed by atoms with Gasteiger partial charge in [0.2, 0.25) is 0 Å². The summed E-state index contributed by atoms with van der Waals surface area (Å²) < 4.78 is 3.26. The molecule has 186 valence electrons. The number of aromatic nitrogens is 4. The first-order chi connectivity index (χ1) is 18.1. The van der Waals surface area contributed by atoms with Crippen LogP contribution < -0.4 is 16.4 Å². The smallest absolute Gasteiger partial charge is 0.290 e. The minimum atomic E-state index is -0.602. The quantitative estimate of drug-likeness (QED) is 0.262. The number of fused-ring (bicyclic) bond motifs is 2. The van der Waals surface area contributed by atoms with Gasteiger partial charge in [-0.1, -0.05) is 50.1 Å². The number of nitrogens with zero attached hydrogens (tertiary/aromatic N) is 4. The maximum Gasteiger partial charge on any atom is 0.290 e. The van der Waals surface area contributed by atoms with Gasteiger partial charge in [0.25, 0.3) is 17.4 Å². The molecule has 2 amide bonds. The Kier molecular flexibility index (Phi) is 6.76. The second kappa shape index (κ2) is 10.4. The number of benzene rings is 3. The molecule has 9 nitrogen and oxygen atoms in total. The van der Waals surface area contributed by atoms with E-state index in [4.69, 9.17) is 0 Å². The molecule has 0 atom stereocenters. The Morgan fingerprint density at radius 2 is 1.54 bits per heavy atom. The molecule has 3 aromatic carbocycles. The van der Waals surface area contributed by atoms with Crippen molar-refractivity contribution in [2.75, 3.05) is 0 Å². The van der Waals surface area contributed by atoms with Crippen LogP contribution in [0.15, 0.2) is 83.9 Å². The average molecular weight is 495 g/mol. The van der Waals surface area contributed by atoms with Crippen LogP contribution >= 0.6 is 0 Å². The van der Waals surface area contributed by atoms with Crippen molar-refractivity contribution in [2.45, 2.75) is 32.7 Å². The van der Waals surface area contributed by atoms with Crippen molar-refractivity contribution in [3.8, 4) is 5.69 Å². The summed E-state index contributed by atoms with van der Waals surface area (Å²) in [6, 6.07) is 21.6. The molecule has 0 aliphatic heterocycles. The van der Waals surface area contributed by atoms with Crippen molar-refractivity contribution in [3.05, 3.63) is 101 Å². The third kappa shape index (κ3) is 4.84. The number of carbonyl (C=O) groups excluding carboxylic acids is 2. The van der Waals surface area contributed by atoms with E-state index < -0.39 is 11.8 Å². The number of imidazole rings is 1. The van der Waals surface area contributed by atoms with Crippen LogP contribution in [0.2, 0.25) is 0 Å². The summed E-state index contributed by atoms with van der Waals surface area (Å²) >= 11 is 0. The Labute approximate surface area is 212 Å². The Morgan fingerprint density at radius 3 is 2.32 bits per heavy atom. The van der Waals surface area contributed by atoms with Crippen LogP contribution in [0.4, 0.5) is 0 Å². The van der Waals surface area contributed by atoms with Gasteiger partial charge in [0.15, 0.2) is 5.69 Å². The Balaban J connectivity index is 1.32. The largest absolute Gasteiger partial charge is 0.299 e. The van der Waals surface area contributed by atoms with E-state index in [1.54, 1.807) is 42.7 Å². The number of para-hydroxylation sites is 2. The lowest BCUT2D eigenvalue weighted by molar-refractivity contribution is 0.0843. The van der Waals surface area contributed by atoms with E-state index in [2.05, 4.69) is 27.9 Å². The number of amides is 2. The second-order valence-electron chi connectivity index (χ2n) is 8.69. The van der Waals surface area contributed by atoms with E-state index in [1.165, 1.54) is 4.68 Å². The first kappa shape index (κ1) is 23.9. The van der Waals surface area contributed by atoms with E-state index >= 15 is 0 Å². The summed E-state index contributed by atoms with van der Waals surface area (Å²) in [5.74, 6) is -1.08. The van der Waals surface area contributed by atoms with Crippen LogP contribution in [0, 0.1) is 0 Å². The topological polar surface area (TPSA) is 111 Å². The van der Waals surface area contributed by atoms with Gasteiger partial charge in [-0.05, 0) is 48.9 Å². The number of carbonyl (C=O) groups is 2. The Hall–Kier alpha value is -4.79. The SMILES string of the molecule is CCCCCn1nc(C(=O)NNC(=O)c2ccc(-n3cnc4ccccc43)cc2)c2ccccc2c1=O. The standard InChI is InChI=1S/C28H26N6O3/c1-2-3-8-17-34-28(37)22-10-5-4-9-21(22)25(32-34)27(36)31-30-26(35)19-13-15-20(16-14-19)33-18-29-23-11-6-7-12-24(23)33/h4-7,9-16,18H,2-3,8,17H2,1H3,(H,30,35)(H,31,36). The third-order valence-electron chi connectivity index (χ3n) is 6.21. The summed E-state index contributed by atoms with van der Waals surface area (Å²) in [5.41, 5.74) is 7.79. The van der Waals surface area contributed by atoms with Gasteiger partial charge >= 0.3 is 0 Å². The summed E-state index contributed by atoms with van der Waals surface area (Å²) in [6.07, 6.45) is 4.47. The molecule has 5 aromatic rings. The highest BCUT2D eigenvalue weighted by Crippen LogP contribution is 2.18. The summed E-state index contributed by atoms with van der Waals surface area (Å²) in [7, 11) is 0. The van der Waals surface area contributed by atoms with Gasteiger partial charge in [0, 0.05) is 23.2 Å². The maximum absolute atomic E-state index is 13.0. The van der Waals surface area contributed by atoms with Crippen LogP contribution in [0.5, 0.6) is 0 Å². The van der Waals surface area contributed by atoms with Crippen LogP contribution in [-0.4, -0.2) is 31.1 Å². The van der Waals surface area contributed by atoms with Crippen molar-refractivity contribution < 1.29 is 9.59 Å². The predicted octanol–water partition coefficient (Wildman–Crippen LogP) is 4.00. The first-order valence-corrected chi connectivity index (χ1v) is 12.2. The number of unbranched alkanes of at least 4 members (excludes halogenated alkanes) is 2. The Bertz CT molecular complexity index is 1650.